The molecule has 1 aromatic rings. The van der Waals surface area contributed by atoms with Crippen molar-refractivity contribution in [1.82, 2.24) is 5.32 Å². The number of hydrogen-bond acceptors (Lipinski definition) is 2. The normalized spacial score (nSPS) is 16.1. The van der Waals surface area contributed by atoms with Crippen LogP contribution in [0.4, 0.5) is 5.69 Å². The van der Waals surface area contributed by atoms with E-state index in [1.54, 1.807) is 0 Å². The van der Waals surface area contributed by atoms with Gasteiger partial charge in [0.2, 0.25) is 5.91 Å². The van der Waals surface area contributed by atoms with E-state index in [1.807, 2.05) is 19.1 Å². The summed E-state index contributed by atoms with van der Waals surface area (Å²) in [5, 5.41) is 6.36. The van der Waals surface area contributed by atoms with Crippen molar-refractivity contribution in [3.8, 4) is 0 Å². The minimum atomic E-state index is 0.144. The highest BCUT2D eigenvalue weighted by Gasteiger charge is 2.32. The molecule has 0 heterocycles. The number of carbonyl (C=O) groups is 1. The molecule has 19 heavy (non-hydrogen) atoms. The molecule has 1 atom stereocenters. The number of carbonyl (C=O) groups excluding carboxylic acids is 1. The van der Waals surface area contributed by atoms with Gasteiger partial charge in [-0.25, -0.2) is 0 Å². The van der Waals surface area contributed by atoms with Crippen LogP contribution < -0.4 is 10.6 Å². The van der Waals surface area contributed by atoms with Gasteiger partial charge in [-0.3, -0.25) is 4.79 Å². The molecule has 0 aromatic heterocycles. The Bertz CT molecular complexity index is 409. The number of hydrogen-bond donors (Lipinski definition) is 2. The fourth-order valence-electron chi connectivity index (χ4n) is 2.18. The second-order valence-electron chi connectivity index (χ2n) is 5.49. The molecular formula is C16H24N2O. The van der Waals surface area contributed by atoms with E-state index >= 15 is 0 Å². The van der Waals surface area contributed by atoms with Crippen LogP contribution in [0.2, 0.25) is 0 Å². The van der Waals surface area contributed by atoms with Crippen molar-refractivity contribution in [2.45, 2.75) is 39.7 Å². The number of nitrogens with one attached hydrogen (secondary N) is 2. The van der Waals surface area contributed by atoms with Gasteiger partial charge in [-0.1, -0.05) is 26.0 Å². The van der Waals surface area contributed by atoms with Crippen molar-refractivity contribution in [2.24, 2.45) is 11.8 Å². The summed E-state index contributed by atoms with van der Waals surface area (Å²) >= 11 is 0. The number of benzene rings is 1. The Morgan fingerprint density at radius 1 is 1.32 bits per heavy atom. The highest BCUT2D eigenvalue weighted by atomic mass is 16.1. The Balaban J connectivity index is 1.82. The average Bonchev–Trinajstić information content (AvgIpc) is 3.24. The first-order chi connectivity index (χ1) is 9.20. The lowest BCUT2D eigenvalue weighted by Gasteiger charge is -2.11. The Hall–Kier alpha value is -1.35. The molecule has 0 spiro atoms. The Morgan fingerprint density at radius 3 is 2.58 bits per heavy atom. The molecule has 1 unspecified atom stereocenters. The smallest absolute Gasteiger partial charge is 0.227 e. The van der Waals surface area contributed by atoms with Gasteiger partial charge in [-0.2, -0.15) is 0 Å². The van der Waals surface area contributed by atoms with Gasteiger partial charge >= 0.3 is 0 Å². The Labute approximate surface area is 115 Å². The van der Waals surface area contributed by atoms with E-state index < -0.39 is 0 Å². The van der Waals surface area contributed by atoms with E-state index in [2.05, 4.69) is 29.7 Å². The van der Waals surface area contributed by atoms with Crippen molar-refractivity contribution >= 4 is 11.6 Å². The summed E-state index contributed by atoms with van der Waals surface area (Å²) in [5.74, 6) is 0.905. The first-order valence-corrected chi connectivity index (χ1v) is 7.31. The molecule has 2 N–H and O–H groups in total. The maximum atomic E-state index is 12.0. The Kier molecular flexibility index (Phi) is 4.97. The van der Waals surface area contributed by atoms with Crippen LogP contribution in [0.1, 0.15) is 38.7 Å². The van der Waals surface area contributed by atoms with E-state index in [0.29, 0.717) is 5.92 Å². The highest BCUT2D eigenvalue weighted by molar-refractivity contribution is 5.92. The van der Waals surface area contributed by atoms with Gasteiger partial charge in [-0.05, 0) is 49.4 Å². The molecule has 3 nitrogen and oxygen atoms in total. The molecule has 1 fully saturated rings. The van der Waals surface area contributed by atoms with Crippen LogP contribution in [0.3, 0.4) is 0 Å². The van der Waals surface area contributed by atoms with Crippen LogP contribution in [0.25, 0.3) is 0 Å². The summed E-state index contributed by atoms with van der Waals surface area (Å²) < 4.78 is 0. The van der Waals surface area contributed by atoms with Crippen molar-refractivity contribution in [3.63, 3.8) is 0 Å². The zero-order chi connectivity index (χ0) is 13.7. The van der Waals surface area contributed by atoms with Crippen molar-refractivity contribution < 1.29 is 4.79 Å². The SMILES string of the molecule is CCCNCc1ccc(NC(=O)C(C)C2CC2)cc1. The standard InChI is InChI=1S/C16H24N2O/c1-3-10-17-11-13-4-8-15(9-5-13)18-16(19)12(2)14-6-7-14/h4-5,8-9,12,14,17H,3,6-7,10-11H2,1-2H3,(H,18,19). The van der Waals surface area contributed by atoms with E-state index in [1.165, 1.54) is 18.4 Å². The summed E-state index contributed by atoms with van der Waals surface area (Å²) in [7, 11) is 0. The third kappa shape index (κ3) is 4.35. The first kappa shape index (κ1) is 14.1. The van der Waals surface area contributed by atoms with Crippen LogP contribution in [0.15, 0.2) is 24.3 Å². The topological polar surface area (TPSA) is 41.1 Å². The van der Waals surface area contributed by atoms with Crippen LogP contribution in [0.5, 0.6) is 0 Å². The fourth-order valence-corrected chi connectivity index (χ4v) is 2.18. The summed E-state index contributed by atoms with van der Waals surface area (Å²) in [5.41, 5.74) is 2.15. The maximum Gasteiger partial charge on any atom is 0.227 e. The van der Waals surface area contributed by atoms with E-state index in [0.717, 1.165) is 25.2 Å². The molecule has 2 rings (SSSR count). The summed E-state index contributed by atoms with van der Waals surface area (Å²) in [6, 6.07) is 8.11. The quantitative estimate of drug-likeness (QED) is 0.739. The maximum absolute atomic E-state index is 12.0. The zero-order valence-corrected chi connectivity index (χ0v) is 11.9. The van der Waals surface area contributed by atoms with Gasteiger partial charge < -0.3 is 10.6 Å². The molecular weight excluding hydrogens is 236 g/mol. The third-order valence-corrected chi connectivity index (χ3v) is 3.72. The monoisotopic (exact) mass is 260 g/mol. The van der Waals surface area contributed by atoms with Gasteiger partial charge in [0.25, 0.3) is 0 Å². The molecule has 1 amide bonds. The number of amides is 1. The lowest BCUT2D eigenvalue weighted by atomic mass is 10.1. The largest absolute Gasteiger partial charge is 0.326 e. The zero-order valence-electron chi connectivity index (χ0n) is 11.9. The van der Waals surface area contributed by atoms with Gasteiger partial charge in [0.15, 0.2) is 0 Å². The molecule has 1 aliphatic carbocycles. The molecule has 3 heteroatoms. The minimum Gasteiger partial charge on any atom is -0.326 e. The molecule has 104 valence electrons. The second kappa shape index (κ2) is 6.71. The predicted octanol–water partition coefficient (Wildman–Crippen LogP) is 3.17. The minimum absolute atomic E-state index is 0.144. The van der Waals surface area contributed by atoms with E-state index in [9.17, 15) is 4.79 Å². The van der Waals surface area contributed by atoms with Crippen LogP contribution in [-0.2, 0) is 11.3 Å². The molecule has 1 aliphatic rings. The average molecular weight is 260 g/mol. The lowest BCUT2D eigenvalue weighted by molar-refractivity contribution is -0.119. The fraction of sp³-hybridized carbons (Fsp3) is 0.562. The van der Waals surface area contributed by atoms with Crippen molar-refractivity contribution in [2.75, 3.05) is 11.9 Å². The van der Waals surface area contributed by atoms with E-state index in [-0.39, 0.29) is 11.8 Å². The highest BCUT2D eigenvalue weighted by Crippen LogP contribution is 2.37. The molecule has 1 saturated carbocycles. The van der Waals surface area contributed by atoms with Crippen LogP contribution >= 0.6 is 0 Å². The van der Waals surface area contributed by atoms with E-state index in [4.69, 9.17) is 0 Å². The van der Waals surface area contributed by atoms with Gasteiger partial charge in [0.05, 0.1) is 0 Å². The van der Waals surface area contributed by atoms with Gasteiger partial charge in [0, 0.05) is 18.2 Å². The van der Waals surface area contributed by atoms with Crippen LogP contribution in [-0.4, -0.2) is 12.5 Å². The molecule has 0 radical (unpaired) electrons. The molecule has 0 saturated heterocycles. The molecule has 1 aromatic carbocycles. The van der Waals surface area contributed by atoms with Crippen LogP contribution in [0, 0.1) is 11.8 Å². The third-order valence-electron chi connectivity index (χ3n) is 3.72. The lowest BCUT2D eigenvalue weighted by Crippen LogP contribution is -2.21. The molecule has 0 bridgehead atoms. The molecule has 0 aliphatic heterocycles. The summed E-state index contributed by atoms with van der Waals surface area (Å²) in [4.78, 5) is 12.0. The summed E-state index contributed by atoms with van der Waals surface area (Å²) in [6.07, 6.45) is 3.56. The van der Waals surface area contributed by atoms with Gasteiger partial charge in [-0.15, -0.1) is 0 Å². The van der Waals surface area contributed by atoms with Crippen molar-refractivity contribution in [3.05, 3.63) is 29.8 Å². The van der Waals surface area contributed by atoms with Gasteiger partial charge in [0.1, 0.15) is 0 Å². The second-order valence-corrected chi connectivity index (χ2v) is 5.49. The summed E-state index contributed by atoms with van der Waals surface area (Å²) in [6.45, 7) is 6.11. The number of rotatable bonds is 7. The Morgan fingerprint density at radius 2 is 2.00 bits per heavy atom. The number of anilines is 1. The predicted molar refractivity (Wildman–Crippen MR) is 79.0 cm³/mol. The van der Waals surface area contributed by atoms with Crippen molar-refractivity contribution in [1.29, 1.82) is 0 Å². The first-order valence-electron chi connectivity index (χ1n) is 7.31.